The highest BCUT2D eigenvalue weighted by atomic mass is 16.5. The molecule has 0 aliphatic rings. The van der Waals surface area contributed by atoms with Gasteiger partial charge in [0.15, 0.2) is 0 Å². The van der Waals surface area contributed by atoms with Crippen LogP contribution in [0.5, 0.6) is 0 Å². The Morgan fingerprint density at radius 3 is 2.58 bits per heavy atom. The van der Waals surface area contributed by atoms with E-state index in [1.807, 2.05) is 13.8 Å². The molecule has 0 saturated heterocycles. The van der Waals surface area contributed by atoms with Crippen LogP contribution >= 0.6 is 0 Å². The summed E-state index contributed by atoms with van der Waals surface area (Å²) in [6.45, 7) is 5.97. The van der Waals surface area contributed by atoms with Crippen molar-refractivity contribution in [2.75, 3.05) is 0 Å². The van der Waals surface area contributed by atoms with Crippen molar-refractivity contribution in [3.8, 4) is 0 Å². The van der Waals surface area contributed by atoms with Gasteiger partial charge in [-0.2, -0.15) is 0 Å². The Labute approximate surface area is 72.9 Å². The third-order valence-electron chi connectivity index (χ3n) is 2.17. The van der Waals surface area contributed by atoms with Gasteiger partial charge in [-0.15, -0.1) is 0 Å². The van der Waals surface area contributed by atoms with E-state index in [0.29, 0.717) is 0 Å². The predicted molar refractivity (Wildman–Crippen MR) is 47.9 cm³/mol. The van der Waals surface area contributed by atoms with Crippen LogP contribution in [0.15, 0.2) is 4.52 Å². The zero-order chi connectivity index (χ0) is 9.14. The largest absolute Gasteiger partial charge is 0.361 e. The molecule has 0 aromatic carbocycles. The molecule has 1 unspecified atom stereocenters. The Hall–Kier alpha value is -0.830. The SMILES string of the molecule is CCC(N)Cc1c(C)noc1C. The Morgan fingerprint density at radius 2 is 2.17 bits per heavy atom. The van der Waals surface area contributed by atoms with Gasteiger partial charge in [-0.3, -0.25) is 0 Å². The predicted octanol–water partition coefficient (Wildman–Crippen LogP) is 1.57. The minimum absolute atomic E-state index is 0.224. The van der Waals surface area contributed by atoms with Crippen LogP contribution in [-0.2, 0) is 6.42 Å². The second kappa shape index (κ2) is 3.72. The molecule has 3 heteroatoms. The number of hydrogen-bond acceptors (Lipinski definition) is 3. The molecule has 3 nitrogen and oxygen atoms in total. The van der Waals surface area contributed by atoms with Crippen LogP contribution in [-0.4, -0.2) is 11.2 Å². The molecule has 0 amide bonds. The van der Waals surface area contributed by atoms with E-state index in [2.05, 4.69) is 12.1 Å². The van der Waals surface area contributed by atoms with Gasteiger partial charge < -0.3 is 10.3 Å². The smallest absolute Gasteiger partial charge is 0.137 e. The third-order valence-corrected chi connectivity index (χ3v) is 2.17. The van der Waals surface area contributed by atoms with Crippen LogP contribution in [0.3, 0.4) is 0 Å². The summed E-state index contributed by atoms with van der Waals surface area (Å²) in [5, 5.41) is 3.87. The van der Waals surface area contributed by atoms with Crippen molar-refractivity contribution < 1.29 is 4.52 Å². The van der Waals surface area contributed by atoms with Crippen molar-refractivity contribution in [3.05, 3.63) is 17.0 Å². The van der Waals surface area contributed by atoms with Crippen LogP contribution in [0.25, 0.3) is 0 Å². The van der Waals surface area contributed by atoms with E-state index in [1.165, 1.54) is 5.56 Å². The molecule has 1 rings (SSSR count). The maximum Gasteiger partial charge on any atom is 0.137 e. The first-order valence-corrected chi connectivity index (χ1v) is 4.32. The van der Waals surface area contributed by atoms with Crippen LogP contribution < -0.4 is 5.73 Å². The quantitative estimate of drug-likeness (QED) is 0.745. The standard InChI is InChI=1S/C9H16N2O/c1-4-8(10)5-9-6(2)11-12-7(9)3/h8H,4-5,10H2,1-3H3. The molecule has 1 aromatic heterocycles. The van der Waals surface area contributed by atoms with E-state index in [4.69, 9.17) is 10.3 Å². The van der Waals surface area contributed by atoms with Crippen molar-refractivity contribution >= 4 is 0 Å². The van der Waals surface area contributed by atoms with Crippen LogP contribution in [0.1, 0.15) is 30.4 Å². The lowest BCUT2D eigenvalue weighted by Gasteiger charge is -2.06. The van der Waals surface area contributed by atoms with Crippen molar-refractivity contribution in [3.63, 3.8) is 0 Å². The lowest BCUT2D eigenvalue weighted by Crippen LogP contribution is -2.21. The van der Waals surface area contributed by atoms with Crippen LogP contribution in [0.4, 0.5) is 0 Å². The highest BCUT2D eigenvalue weighted by Gasteiger charge is 2.11. The second-order valence-corrected chi connectivity index (χ2v) is 3.18. The Bertz CT molecular complexity index is 236. The van der Waals surface area contributed by atoms with Gasteiger partial charge in [0.25, 0.3) is 0 Å². The van der Waals surface area contributed by atoms with E-state index in [1.54, 1.807) is 0 Å². The third kappa shape index (κ3) is 1.85. The van der Waals surface area contributed by atoms with Crippen LogP contribution in [0, 0.1) is 13.8 Å². The molecule has 0 aliphatic carbocycles. The number of hydrogen-bond donors (Lipinski definition) is 1. The van der Waals surface area contributed by atoms with Crippen LogP contribution in [0.2, 0.25) is 0 Å². The summed E-state index contributed by atoms with van der Waals surface area (Å²) in [6, 6.07) is 0.224. The summed E-state index contributed by atoms with van der Waals surface area (Å²) in [4.78, 5) is 0. The zero-order valence-electron chi connectivity index (χ0n) is 7.92. The molecular formula is C9H16N2O. The van der Waals surface area contributed by atoms with Crippen molar-refractivity contribution in [1.82, 2.24) is 5.16 Å². The van der Waals surface area contributed by atoms with Gasteiger partial charge in [0.2, 0.25) is 0 Å². The average molecular weight is 168 g/mol. The summed E-state index contributed by atoms with van der Waals surface area (Å²) in [6.07, 6.45) is 1.86. The number of rotatable bonds is 3. The van der Waals surface area contributed by atoms with E-state index in [-0.39, 0.29) is 6.04 Å². The minimum Gasteiger partial charge on any atom is -0.361 e. The maximum atomic E-state index is 5.83. The van der Waals surface area contributed by atoms with Crippen molar-refractivity contribution in [2.45, 2.75) is 39.7 Å². The summed E-state index contributed by atoms with van der Waals surface area (Å²) < 4.78 is 5.04. The monoisotopic (exact) mass is 168 g/mol. The van der Waals surface area contributed by atoms with E-state index < -0.39 is 0 Å². The van der Waals surface area contributed by atoms with E-state index in [0.717, 1.165) is 24.3 Å². The molecule has 1 aromatic rings. The Kier molecular flexibility index (Phi) is 2.87. The average Bonchev–Trinajstić information content (AvgIpc) is 2.35. The second-order valence-electron chi connectivity index (χ2n) is 3.18. The first kappa shape index (κ1) is 9.26. The van der Waals surface area contributed by atoms with Crippen molar-refractivity contribution in [2.24, 2.45) is 5.73 Å². The van der Waals surface area contributed by atoms with Gasteiger partial charge in [0.1, 0.15) is 5.76 Å². The highest BCUT2D eigenvalue weighted by molar-refractivity contribution is 5.21. The highest BCUT2D eigenvalue weighted by Crippen LogP contribution is 2.14. The molecule has 1 atom stereocenters. The molecule has 0 saturated carbocycles. The first-order chi connectivity index (χ1) is 5.65. The van der Waals surface area contributed by atoms with Gasteiger partial charge in [-0.25, -0.2) is 0 Å². The molecule has 0 radical (unpaired) electrons. The summed E-state index contributed by atoms with van der Waals surface area (Å²) in [7, 11) is 0. The normalized spacial score (nSPS) is 13.3. The molecule has 0 spiro atoms. The molecule has 0 fully saturated rings. The first-order valence-electron chi connectivity index (χ1n) is 4.32. The van der Waals surface area contributed by atoms with Gasteiger partial charge in [-0.05, 0) is 26.7 Å². The van der Waals surface area contributed by atoms with Gasteiger partial charge in [-0.1, -0.05) is 12.1 Å². The molecule has 68 valence electrons. The molecule has 1 heterocycles. The van der Waals surface area contributed by atoms with Gasteiger partial charge >= 0.3 is 0 Å². The molecule has 0 bridgehead atoms. The number of aromatic nitrogens is 1. The number of aryl methyl sites for hydroxylation is 2. The number of nitrogens with zero attached hydrogens (tertiary/aromatic N) is 1. The molecule has 12 heavy (non-hydrogen) atoms. The fourth-order valence-electron chi connectivity index (χ4n) is 1.20. The van der Waals surface area contributed by atoms with E-state index >= 15 is 0 Å². The summed E-state index contributed by atoms with van der Waals surface area (Å²) in [5.41, 5.74) is 7.97. The Morgan fingerprint density at radius 1 is 1.50 bits per heavy atom. The minimum atomic E-state index is 0.224. The molecule has 0 aliphatic heterocycles. The molecular weight excluding hydrogens is 152 g/mol. The van der Waals surface area contributed by atoms with Gasteiger partial charge in [0.05, 0.1) is 5.69 Å². The lowest BCUT2D eigenvalue weighted by molar-refractivity contribution is 0.392. The summed E-state index contributed by atoms with van der Waals surface area (Å²) >= 11 is 0. The van der Waals surface area contributed by atoms with Gasteiger partial charge in [0, 0.05) is 11.6 Å². The zero-order valence-corrected chi connectivity index (χ0v) is 7.92. The maximum absolute atomic E-state index is 5.83. The lowest BCUT2D eigenvalue weighted by atomic mass is 10.0. The fourth-order valence-corrected chi connectivity index (χ4v) is 1.20. The molecule has 2 N–H and O–H groups in total. The number of nitrogens with two attached hydrogens (primary N) is 1. The Balaban J connectivity index is 2.73. The fraction of sp³-hybridized carbons (Fsp3) is 0.667. The van der Waals surface area contributed by atoms with E-state index in [9.17, 15) is 0 Å². The topological polar surface area (TPSA) is 52.0 Å². The van der Waals surface area contributed by atoms with Crippen molar-refractivity contribution in [1.29, 1.82) is 0 Å². The summed E-state index contributed by atoms with van der Waals surface area (Å²) in [5.74, 6) is 0.899.